The van der Waals surface area contributed by atoms with Crippen molar-refractivity contribution >= 4 is 12.1 Å². The van der Waals surface area contributed by atoms with E-state index in [4.69, 9.17) is 5.11 Å². The molecule has 0 radical (unpaired) electrons. The molecule has 0 aliphatic rings. The Labute approximate surface area is 87.3 Å². The van der Waals surface area contributed by atoms with Crippen molar-refractivity contribution in [2.45, 2.75) is 6.04 Å². The van der Waals surface area contributed by atoms with Gasteiger partial charge < -0.3 is 24.6 Å². The van der Waals surface area contributed by atoms with Crippen LogP contribution in [0.1, 0.15) is 0 Å². The molecule has 7 nitrogen and oxygen atoms in total. The van der Waals surface area contributed by atoms with Gasteiger partial charge in [0.1, 0.15) is 6.61 Å². The smallest absolute Gasteiger partial charge is 0.408 e. The van der Waals surface area contributed by atoms with E-state index in [1.165, 1.54) is 14.2 Å². The van der Waals surface area contributed by atoms with Crippen molar-refractivity contribution in [3.63, 3.8) is 0 Å². The largest absolute Gasteiger partial charge is 0.480 e. The molecule has 7 heteroatoms. The Morgan fingerprint density at radius 3 is 2.40 bits per heavy atom. The summed E-state index contributed by atoms with van der Waals surface area (Å²) in [7, 11) is 2.81. The highest BCUT2D eigenvalue weighted by atomic mass is 16.6. The number of carbonyl (C=O) groups is 2. The first-order valence-electron chi connectivity index (χ1n) is 4.25. The second kappa shape index (κ2) is 8.01. The molecule has 88 valence electrons. The van der Waals surface area contributed by atoms with Crippen LogP contribution in [0.15, 0.2) is 0 Å². The van der Waals surface area contributed by atoms with Gasteiger partial charge in [-0.3, -0.25) is 0 Å². The summed E-state index contributed by atoms with van der Waals surface area (Å²) in [6, 6.07) is -1.11. The van der Waals surface area contributed by atoms with Crippen molar-refractivity contribution in [3.05, 3.63) is 0 Å². The highest BCUT2D eigenvalue weighted by molar-refractivity contribution is 5.79. The number of carbonyl (C=O) groups excluding carboxylic acids is 1. The summed E-state index contributed by atoms with van der Waals surface area (Å²) in [6.45, 7) is 0.214. The van der Waals surface area contributed by atoms with Crippen LogP contribution in [0.2, 0.25) is 0 Å². The zero-order valence-electron chi connectivity index (χ0n) is 8.69. The predicted molar refractivity (Wildman–Crippen MR) is 49.7 cm³/mol. The number of ether oxygens (including phenoxy) is 3. The fraction of sp³-hybridized carbons (Fsp3) is 0.750. The SMILES string of the molecule is COCCOC(=O)NC(COC)C(=O)O. The van der Waals surface area contributed by atoms with E-state index in [1.807, 2.05) is 0 Å². The Balaban J connectivity index is 3.84. The molecular formula is C8H15NO6. The van der Waals surface area contributed by atoms with Crippen LogP contribution in [0.5, 0.6) is 0 Å². The van der Waals surface area contributed by atoms with Crippen LogP contribution in [0.4, 0.5) is 4.79 Å². The standard InChI is InChI=1S/C8H15NO6/c1-13-3-4-15-8(12)9-6(5-14-2)7(10)11/h6H,3-5H2,1-2H3,(H,9,12)(H,10,11). The number of rotatable bonds is 7. The van der Waals surface area contributed by atoms with Crippen LogP contribution in [-0.2, 0) is 19.0 Å². The maximum atomic E-state index is 11.0. The molecule has 15 heavy (non-hydrogen) atoms. The zero-order valence-corrected chi connectivity index (χ0v) is 8.69. The molecule has 0 aromatic rings. The highest BCUT2D eigenvalue weighted by Crippen LogP contribution is 1.88. The number of hydrogen-bond donors (Lipinski definition) is 2. The molecule has 0 fully saturated rings. The summed E-state index contributed by atoms with van der Waals surface area (Å²) in [5.41, 5.74) is 0. The summed E-state index contributed by atoms with van der Waals surface area (Å²) in [5, 5.41) is 10.8. The van der Waals surface area contributed by atoms with Gasteiger partial charge in [-0.15, -0.1) is 0 Å². The zero-order chi connectivity index (χ0) is 11.7. The van der Waals surface area contributed by atoms with Gasteiger partial charge in [0.25, 0.3) is 0 Å². The number of nitrogens with one attached hydrogen (secondary N) is 1. The number of methoxy groups -OCH3 is 2. The molecule has 0 aliphatic heterocycles. The van der Waals surface area contributed by atoms with Gasteiger partial charge in [-0.1, -0.05) is 0 Å². The fourth-order valence-electron chi connectivity index (χ4n) is 0.743. The predicted octanol–water partition coefficient (Wildman–Crippen LogP) is -0.541. The minimum atomic E-state index is -1.18. The molecule has 1 unspecified atom stereocenters. The molecule has 0 saturated carbocycles. The van der Waals surface area contributed by atoms with Crippen LogP contribution in [0.25, 0.3) is 0 Å². The van der Waals surface area contributed by atoms with Crippen molar-refractivity contribution in [1.82, 2.24) is 5.32 Å². The van der Waals surface area contributed by atoms with Crippen LogP contribution >= 0.6 is 0 Å². The lowest BCUT2D eigenvalue weighted by molar-refractivity contribution is -0.140. The van der Waals surface area contributed by atoms with Gasteiger partial charge in [0.2, 0.25) is 0 Å². The van der Waals surface area contributed by atoms with Gasteiger partial charge >= 0.3 is 12.1 Å². The average molecular weight is 221 g/mol. The molecule has 1 amide bonds. The highest BCUT2D eigenvalue weighted by Gasteiger charge is 2.20. The molecule has 0 saturated heterocycles. The molecule has 0 aromatic carbocycles. The Morgan fingerprint density at radius 1 is 1.27 bits per heavy atom. The lowest BCUT2D eigenvalue weighted by atomic mass is 10.3. The van der Waals surface area contributed by atoms with E-state index < -0.39 is 18.1 Å². The molecule has 0 aromatic heterocycles. The van der Waals surface area contributed by atoms with Gasteiger partial charge in [-0.2, -0.15) is 0 Å². The molecular weight excluding hydrogens is 206 g/mol. The quantitative estimate of drug-likeness (QED) is 0.561. The first kappa shape index (κ1) is 13.7. The van der Waals surface area contributed by atoms with Crippen LogP contribution in [-0.4, -0.2) is 57.3 Å². The Kier molecular flexibility index (Phi) is 7.29. The van der Waals surface area contributed by atoms with Crippen LogP contribution in [0.3, 0.4) is 0 Å². The van der Waals surface area contributed by atoms with Gasteiger partial charge in [-0.25, -0.2) is 9.59 Å². The number of aliphatic carboxylic acids is 1. The van der Waals surface area contributed by atoms with E-state index in [0.717, 1.165) is 0 Å². The van der Waals surface area contributed by atoms with Crippen molar-refractivity contribution in [2.24, 2.45) is 0 Å². The van der Waals surface area contributed by atoms with Gasteiger partial charge in [-0.05, 0) is 0 Å². The van der Waals surface area contributed by atoms with E-state index in [-0.39, 0.29) is 19.8 Å². The molecule has 0 bridgehead atoms. The van der Waals surface area contributed by atoms with Crippen molar-refractivity contribution in [1.29, 1.82) is 0 Å². The van der Waals surface area contributed by atoms with Crippen LogP contribution in [0, 0.1) is 0 Å². The molecule has 0 heterocycles. The third-order valence-electron chi connectivity index (χ3n) is 1.44. The van der Waals surface area contributed by atoms with Crippen molar-refractivity contribution in [2.75, 3.05) is 34.0 Å². The third kappa shape index (κ3) is 6.69. The topological polar surface area (TPSA) is 94.1 Å². The monoisotopic (exact) mass is 221 g/mol. The third-order valence-corrected chi connectivity index (χ3v) is 1.44. The minimum Gasteiger partial charge on any atom is -0.480 e. The Hall–Kier alpha value is -1.34. The summed E-state index contributed by atoms with van der Waals surface area (Å²) in [5.74, 6) is -1.18. The lowest BCUT2D eigenvalue weighted by Crippen LogP contribution is -2.44. The van der Waals surface area contributed by atoms with Crippen molar-refractivity contribution < 1.29 is 28.9 Å². The maximum Gasteiger partial charge on any atom is 0.408 e. The van der Waals surface area contributed by atoms with E-state index in [0.29, 0.717) is 0 Å². The summed E-state index contributed by atoms with van der Waals surface area (Å²) in [4.78, 5) is 21.6. The summed E-state index contributed by atoms with van der Waals surface area (Å²) < 4.78 is 13.9. The second-order valence-electron chi connectivity index (χ2n) is 2.62. The molecule has 2 N–H and O–H groups in total. The van der Waals surface area contributed by atoms with Crippen molar-refractivity contribution in [3.8, 4) is 0 Å². The second-order valence-corrected chi connectivity index (χ2v) is 2.62. The van der Waals surface area contributed by atoms with E-state index in [1.54, 1.807) is 0 Å². The van der Waals surface area contributed by atoms with Crippen LogP contribution < -0.4 is 5.32 Å². The molecule has 0 spiro atoms. The Morgan fingerprint density at radius 2 is 1.93 bits per heavy atom. The first-order valence-corrected chi connectivity index (χ1v) is 4.25. The Bertz CT molecular complexity index is 207. The van der Waals surface area contributed by atoms with Gasteiger partial charge in [0, 0.05) is 14.2 Å². The number of amides is 1. The normalized spacial score (nSPS) is 11.9. The fourth-order valence-corrected chi connectivity index (χ4v) is 0.743. The first-order chi connectivity index (χ1) is 7.11. The number of carboxylic acids is 1. The maximum absolute atomic E-state index is 11.0. The van der Waals surface area contributed by atoms with E-state index >= 15 is 0 Å². The van der Waals surface area contributed by atoms with E-state index in [2.05, 4.69) is 19.5 Å². The summed E-state index contributed by atoms with van der Waals surface area (Å²) >= 11 is 0. The molecule has 0 rings (SSSR count). The molecule has 0 aliphatic carbocycles. The van der Waals surface area contributed by atoms with E-state index in [9.17, 15) is 9.59 Å². The number of carboxylic acid groups (broad SMARTS) is 1. The minimum absolute atomic E-state index is 0.0711. The number of alkyl carbamates (subject to hydrolysis) is 1. The molecule has 1 atom stereocenters. The van der Waals surface area contributed by atoms with Gasteiger partial charge in [0.15, 0.2) is 6.04 Å². The lowest BCUT2D eigenvalue weighted by Gasteiger charge is -2.13. The van der Waals surface area contributed by atoms with Gasteiger partial charge in [0.05, 0.1) is 13.2 Å². The average Bonchev–Trinajstić information content (AvgIpc) is 2.17. The number of hydrogen-bond acceptors (Lipinski definition) is 5. The summed E-state index contributed by atoms with van der Waals surface area (Å²) in [6.07, 6.45) is -0.809.